The van der Waals surface area contributed by atoms with Crippen LogP contribution in [0.1, 0.15) is 23.6 Å². The summed E-state index contributed by atoms with van der Waals surface area (Å²) in [5.74, 6) is -3.63. The highest BCUT2D eigenvalue weighted by molar-refractivity contribution is 7.93. The summed E-state index contributed by atoms with van der Waals surface area (Å²) >= 11 is 0. The molecule has 2 aromatic carbocycles. The van der Waals surface area contributed by atoms with Crippen LogP contribution in [0.25, 0.3) is 6.08 Å². The van der Waals surface area contributed by atoms with E-state index in [9.17, 15) is 42.1 Å². The van der Waals surface area contributed by atoms with Gasteiger partial charge in [0.25, 0.3) is 10.1 Å². The average molecular weight is 676 g/mol. The van der Waals surface area contributed by atoms with Crippen molar-refractivity contribution in [1.29, 1.82) is 0 Å². The molecule has 0 unspecified atom stereocenters. The molecule has 230 valence electrons. The Morgan fingerprint density at radius 1 is 0.805 bits per heavy atom. The maximum atomic E-state index is 12.6. The van der Waals surface area contributed by atoms with Gasteiger partial charge in [0, 0.05) is 12.5 Å². The topological polar surface area (TPSA) is 213 Å². The number of aryl methyl sites for hydroxylation is 1. The van der Waals surface area contributed by atoms with Crippen molar-refractivity contribution in [3.8, 4) is 11.5 Å². The molecule has 19 heteroatoms. The third-order valence-electron chi connectivity index (χ3n) is 5.17. The fourth-order valence-corrected chi connectivity index (χ4v) is 7.15. The molecule has 2 aromatic rings. The second kappa shape index (κ2) is 13.2. The number of sulfone groups is 1. The quantitative estimate of drug-likeness (QED) is 0.206. The van der Waals surface area contributed by atoms with Gasteiger partial charge in [-0.05, 0) is 48.2 Å². The molecule has 2 rings (SSSR count). The maximum absolute atomic E-state index is 12.6. The molecule has 0 aliphatic heterocycles. The summed E-state index contributed by atoms with van der Waals surface area (Å²) in [6, 6.07) is 9.32. The molecule has 0 heterocycles. The van der Waals surface area contributed by atoms with Crippen molar-refractivity contribution in [2.45, 2.75) is 19.1 Å². The predicted molar refractivity (Wildman–Crippen MR) is 152 cm³/mol. The molecule has 0 atom stereocenters. The lowest BCUT2D eigenvalue weighted by Crippen LogP contribution is -2.33. The van der Waals surface area contributed by atoms with Gasteiger partial charge >= 0.3 is 20.2 Å². The van der Waals surface area contributed by atoms with Crippen LogP contribution in [0.4, 0.5) is 0 Å². The first-order valence-electron chi connectivity index (χ1n) is 11.4. The van der Waals surface area contributed by atoms with Gasteiger partial charge in [0.1, 0.15) is 0 Å². The van der Waals surface area contributed by atoms with E-state index in [4.69, 9.17) is 12.9 Å². The van der Waals surface area contributed by atoms with Gasteiger partial charge in [0.05, 0.1) is 23.5 Å². The van der Waals surface area contributed by atoms with Crippen LogP contribution in [0.3, 0.4) is 0 Å². The summed E-state index contributed by atoms with van der Waals surface area (Å²) in [5, 5.41) is 0.841. The zero-order valence-corrected chi connectivity index (χ0v) is 26.1. The van der Waals surface area contributed by atoms with Crippen LogP contribution in [-0.2, 0) is 62.4 Å². The van der Waals surface area contributed by atoms with Crippen molar-refractivity contribution in [2.24, 2.45) is 0 Å². The predicted octanol–water partition coefficient (Wildman–Crippen LogP) is 0.989. The van der Waals surface area contributed by atoms with Gasteiger partial charge in [-0.15, -0.1) is 0 Å². The molecular weight excluding hydrogens is 647 g/mol. The van der Waals surface area contributed by atoms with Crippen LogP contribution in [0.5, 0.6) is 11.5 Å². The first-order chi connectivity index (χ1) is 18.6. The van der Waals surface area contributed by atoms with Crippen LogP contribution >= 0.6 is 0 Å². The Morgan fingerprint density at radius 3 is 1.90 bits per heavy atom. The van der Waals surface area contributed by atoms with E-state index in [1.54, 1.807) is 0 Å². The first kappa shape index (κ1) is 34.7. The lowest BCUT2D eigenvalue weighted by atomic mass is 10.1. The molecule has 0 saturated carbocycles. The molecule has 41 heavy (non-hydrogen) atoms. The number of nitrogens with zero attached hydrogens (tertiary/aromatic N) is 1. The van der Waals surface area contributed by atoms with Gasteiger partial charge < -0.3 is 8.37 Å². The van der Waals surface area contributed by atoms with Gasteiger partial charge in [0.2, 0.25) is 10.0 Å². The Morgan fingerprint density at radius 2 is 1.37 bits per heavy atom. The average Bonchev–Trinajstić information content (AvgIpc) is 2.82. The summed E-state index contributed by atoms with van der Waals surface area (Å²) in [6.07, 6.45) is 1.92. The third kappa shape index (κ3) is 12.5. The van der Waals surface area contributed by atoms with Gasteiger partial charge in [-0.2, -0.15) is 29.6 Å². The lowest BCUT2D eigenvalue weighted by molar-refractivity contribution is 0.434. The number of hydrogen-bond acceptors (Lipinski definition) is 12. The fraction of sp³-hybridized carbons (Fsp3) is 0.364. The molecule has 1 N–H and O–H groups in total. The van der Waals surface area contributed by atoms with E-state index in [-0.39, 0.29) is 12.0 Å². The minimum Gasteiger partial charge on any atom is -0.378 e. The van der Waals surface area contributed by atoms with E-state index in [1.807, 2.05) is 0 Å². The Labute approximate surface area is 240 Å². The van der Waals surface area contributed by atoms with Gasteiger partial charge in [0.15, 0.2) is 27.2 Å². The van der Waals surface area contributed by atoms with Crippen LogP contribution < -0.4 is 8.37 Å². The van der Waals surface area contributed by atoms with Crippen molar-refractivity contribution >= 4 is 56.3 Å². The van der Waals surface area contributed by atoms with Crippen molar-refractivity contribution in [3.05, 3.63) is 64.6 Å². The van der Waals surface area contributed by atoms with E-state index in [1.165, 1.54) is 37.3 Å². The highest BCUT2D eigenvalue weighted by Gasteiger charge is 2.25. The second-order valence-corrected chi connectivity index (χ2v) is 17.7. The molecule has 0 amide bonds. The van der Waals surface area contributed by atoms with Crippen molar-refractivity contribution < 1.29 is 55.0 Å². The van der Waals surface area contributed by atoms with Crippen molar-refractivity contribution in [3.63, 3.8) is 0 Å². The molecular formula is C22H29NO13S5. The summed E-state index contributed by atoms with van der Waals surface area (Å²) in [7, 11) is -19.7. The Hall–Kier alpha value is -2.55. The van der Waals surface area contributed by atoms with E-state index >= 15 is 0 Å². The van der Waals surface area contributed by atoms with Crippen LogP contribution in [0.15, 0.2) is 47.9 Å². The summed E-state index contributed by atoms with van der Waals surface area (Å²) in [5.41, 5.74) is 1.03. The van der Waals surface area contributed by atoms with E-state index in [0.29, 0.717) is 15.4 Å². The van der Waals surface area contributed by atoms with Crippen LogP contribution in [-0.4, -0.2) is 81.6 Å². The van der Waals surface area contributed by atoms with E-state index in [2.05, 4.69) is 0 Å². The molecule has 14 nitrogen and oxygen atoms in total. The van der Waals surface area contributed by atoms with Crippen LogP contribution in [0.2, 0.25) is 0 Å². The standard InChI is InChI=1S/C22H29NO13S5/c1-4-40(31,32)35-21-10-9-19(15-22(21)36-41(33,34)17-23(2)37(3,24)25)11-13-38(26,27)16-20-7-5-18(6-8-20)12-14-39(28,29)30/h5-11,13,15H,4,12,14,16-17H2,1-3H3,(H,28,29,30)/b13-11+. The van der Waals surface area contributed by atoms with Gasteiger partial charge in [-0.3, -0.25) is 4.55 Å². The fourth-order valence-electron chi connectivity index (χ4n) is 2.95. The minimum atomic E-state index is -4.64. The number of rotatable bonds is 15. The smallest absolute Gasteiger partial charge is 0.323 e. The molecule has 0 bridgehead atoms. The zero-order chi connectivity index (χ0) is 31.3. The highest BCUT2D eigenvalue weighted by Crippen LogP contribution is 2.32. The van der Waals surface area contributed by atoms with E-state index < -0.39 is 84.8 Å². The number of hydrogen-bond donors (Lipinski definition) is 1. The molecule has 0 spiro atoms. The SMILES string of the molecule is CCS(=O)(=O)Oc1ccc(/C=C/S(=O)(=O)Cc2ccc(CCS(=O)(=O)O)cc2)cc1OS(=O)(=O)CN(C)S(C)(=O)=O. The Kier molecular flexibility index (Phi) is 11.1. The second-order valence-electron chi connectivity index (χ2n) is 8.73. The first-order valence-corrected chi connectivity index (χ1v) is 19.8. The van der Waals surface area contributed by atoms with Crippen LogP contribution in [0, 0.1) is 0 Å². The highest BCUT2D eigenvalue weighted by atomic mass is 32.2. The number of sulfonamides is 1. The number of benzene rings is 2. The largest absolute Gasteiger partial charge is 0.378 e. The van der Waals surface area contributed by atoms with Crippen molar-refractivity contribution in [1.82, 2.24) is 4.31 Å². The molecule has 0 aliphatic rings. The molecule has 0 saturated heterocycles. The van der Waals surface area contributed by atoms with Gasteiger partial charge in [-0.1, -0.05) is 30.3 Å². The zero-order valence-electron chi connectivity index (χ0n) is 22.1. The van der Waals surface area contributed by atoms with Gasteiger partial charge in [-0.25, -0.2) is 16.8 Å². The minimum absolute atomic E-state index is 0.0374. The van der Waals surface area contributed by atoms with Crippen molar-refractivity contribution in [2.75, 3.05) is 30.7 Å². The normalized spacial score (nSPS) is 13.5. The Balaban J connectivity index is 2.31. The lowest BCUT2D eigenvalue weighted by Gasteiger charge is -2.16. The summed E-state index contributed by atoms with van der Waals surface area (Å²) < 4.78 is 138. The van der Waals surface area contributed by atoms with E-state index in [0.717, 1.165) is 36.9 Å². The summed E-state index contributed by atoms with van der Waals surface area (Å²) in [4.78, 5) is 0. The Bertz CT molecular complexity index is 1810. The molecule has 0 radical (unpaired) electrons. The monoisotopic (exact) mass is 675 g/mol. The maximum Gasteiger partial charge on any atom is 0.323 e. The molecule has 0 aliphatic carbocycles. The third-order valence-corrected chi connectivity index (χ3v) is 10.9. The summed E-state index contributed by atoms with van der Waals surface area (Å²) in [6.45, 7) is 1.28. The molecule has 0 fully saturated rings. The molecule has 0 aromatic heterocycles.